The summed E-state index contributed by atoms with van der Waals surface area (Å²) in [5, 5.41) is -1.60. The molecule has 0 spiro atoms. The van der Waals surface area contributed by atoms with Crippen LogP contribution in [-0.4, -0.2) is 39.0 Å². The molecule has 15 heavy (non-hydrogen) atoms. The van der Waals surface area contributed by atoms with Crippen LogP contribution in [0.2, 0.25) is 0 Å². The molecule has 0 atom stereocenters. The summed E-state index contributed by atoms with van der Waals surface area (Å²) < 4.78 is 14.2. The van der Waals surface area contributed by atoms with Gasteiger partial charge in [-0.15, -0.1) is 0 Å². The van der Waals surface area contributed by atoms with Gasteiger partial charge in [-0.2, -0.15) is 24.0 Å². The van der Waals surface area contributed by atoms with Gasteiger partial charge in [-0.05, 0) is 0 Å². The molecule has 1 heterocycles. The summed E-state index contributed by atoms with van der Waals surface area (Å²) in [4.78, 5) is 50.3. The zero-order valence-corrected chi connectivity index (χ0v) is 9.47. The lowest BCUT2D eigenvalue weighted by Crippen LogP contribution is -2.05. The van der Waals surface area contributed by atoms with Crippen molar-refractivity contribution < 1.29 is 29.0 Å². The Morgan fingerprint density at radius 3 is 2.40 bits per heavy atom. The molecule has 0 aliphatic heterocycles. The van der Waals surface area contributed by atoms with Crippen LogP contribution in [0.4, 0.5) is 5.13 Å². The van der Waals surface area contributed by atoms with Gasteiger partial charge in [-0.3, -0.25) is 0 Å². The first-order valence-corrected chi connectivity index (χ1v) is 7.24. The minimum Gasteiger partial charge on any atom is -0.317 e. The maximum absolute atomic E-state index is 10.8. The van der Waals surface area contributed by atoms with Gasteiger partial charge in [-0.1, -0.05) is 0 Å². The fourth-order valence-corrected chi connectivity index (χ4v) is 3.01. The summed E-state index contributed by atoms with van der Waals surface area (Å²) in [6.45, 7) is 0. The van der Waals surface area contributed by atoms with Gasteiger partial charge in [0, 0.05) is 11.5 Å². The van der Waals surface area contributed by atoms with Gasteiger partial charge in [0.2, 0.25) is 5.13 Å². The van der Waals surface area contributed by atoms with E-state index in [4.69, 9.17) is 24.5 Å². The predicted octanol–water partition coefficient (Wildman–Crippen LogP) is -0.557. The SMILES string of the molecule is O=P(O)(O)C(=Nc1ncns1)[P+](O)(O)O. The molecule has 0 bridgehead atoms. The normalized spacial score (nSPS) is 14.3. The maximum atomic E-state index is 10.8. The average molecular weight is 274 g/mol. The summed E-state index contributed by atoms with van der Waals surface area (Å²) in [5.41, 5.74) is 0. The minimum atomic E-state index is -5.05. The van der Waals surface area contributed by atoms with E-state index in [9.17, 15) is 4.57 Å². The average Bonchev–Trinajstić information content (AvgIpc) is 2.46. The molecule has 1 aromatic rings. The van der Waals surface area contributed by atoms with Crippen molar-refractivity contribution in [1.82, 2.24) is 9.36 Å². The molecule has 0 unspecified atom stereocenters. The second-order valence-corrected chi connectivity index (χ2v) is 6.43. The Hall–Kier alpha value is -0.310. The third-order valence-electron chi connectivity index (χ3n) is 1.07. The largest absolute Gasteiger partial charge is 0.469 e. The van der Waals surface area contributed by atoms with Crippen molar-refractivity contribution in [3.05, 3.63) is 6.33 Å². The van der Waals surface area contributed by atoms with Crippen LogP contribution in [0.1, 0.15) is 0 Å². The number of nitrogens with zero attached hydrogens (tertiary/aromatic N) is 3. The number of rotatable bonds is 3. The highest BCUT2D eigenvalue weighted by Crippen LogP contribution is 2.61. The Labute approximate surface area is 87.7 Å². The van der Waals surface area contributed by atoms with Crippen molar-refractivity contribution in [1.29, 1.82) is 0 Å². The lowest BCUT2D eigenvalue weighted by molar-refractivity contribution is 0.349. The third-order valence-corrected chi connectivity index (χ3v) is 4.48. The number of hydrogen-bond donors (Lipinski definition) is 5. The molecule has 9 nitrogen and oxygen atoms in total. The van der Waals surface area contributed by atoms with Gasteiger partial charge in [0.25, 0.3) is 0 Å². The van der Waals surface area contributed by atoms with Gasteiger partial charge in [0.15, 0.2) is 0 Å². The number of hydrogen-bond acceptors (Lipinski definition) is 8. The maximum Gasteiger partial charge on any atom is 0.469 e. The van der Waals surface area contributed by atoms with Crippen molar-refractivity contribution in [3.8, 4) is 0 Å². The highest BCUT2D eigenvalue weighted by atomic mass is 32.1. The van der Waals surface area contributed by atoms with E-state index >= 15 is 0 Å². The van der Waals surface area contributed by atoms with Crippen molar-refractivity contribution in [3.63, 3.8) is 0 Å². The standard InChI is InChI=1S/C3H5N3O6P2S/c7-13(8,9)3(14(10,11)12)6-2-4-1-5-15-2/h1,7-9H,(H-,10,11,12)/p+1. The molecule has 0 aliphatic rings. The molecular weight excluding hydrogens is 268 g/mol. The summed E-state index contributed by atoms with van der Waals surface area (Å²) in [6.07, 6.45) is 1.06. The first-order chi connectivity index (χ1) is 6.71. The van der Waals surface area contributed by atoms with Crippen LogP contribution in [0.25, 0.3) is 0 Å². The van der Waals surface area contributed by atoms with E-state index < -0.39 is 20.7 Å². The molecule has 0 amide bonds. The van der Waals surface area contributed by atoms with E-state index in [0.717, 1.165) is 6.33 Å². The fraction of sp³-hybridized carbons (Fsp3) is 0. The van der Waals surface area contributed by atoms with Crippen molar-refractivity contribution in [2.24, 2.45) is 4.99 Å². The van der Waals surface area contributed by atoms with Crippen molar-refractivity contribution in [2.75, 3.05) is 0 Å². The van der Waals surface area contributed by atoms with E-state index in [2.05, 4.69) is 14.3 Å². The molecule has 1 rings (SSSR count). The molecule has 0 saturated carbocycles. The van der Waals surface area contributed by atoms with Crippen LogP contribution < -0.4 is 0 Å². The van der Waals surface area contributed by atoms with E-state index in [1.165, 1.54) is 0 Å². The number of aliphatic imine (C=N–C) groups is 1. The Bertz CT molecular complexity index is 406. The molecule has 12 heteroatoms. The Morgan fingerprint density at radius 1 is 1.47 bits per heavy atom. The molecule has 0 fully saturated rings. The molecule has 0 saturated heterocycles. The first-order valence-electron chi connectivity index (χ1n) is 3.20. The van der Waals surface area contributed by atoms with Gasteiger partial charge in [0.1, 0.15) is 6.33 Å². The summed E-state index contributed by atoms with van der Waals surface area (Å²) in [7, 11) is -9.91. The zero-order chi connectivity index (χ0) is 11.7. The second kappa shape index (κ2) is 4.28. The summed E-state index contributed by atoms with van der Waals surface area (Å²) >= 11 is 0.676. The summed E-state index contributed by atoms with van der Waals surface area (Å²) in [6, 6.07) is 0. The third kappa shape index (κ3) is 3.63. The topological polar surface area (TPSA) is 156 Å². The lowest BCUT2D eigenvalue weighted by atomic mass is 11.2. The van der Waals surface area contributed by atoms with Crippen molar-refractivity contribution in [2.45, 2.75) is 0 Å². The Balaban J connectivity index is 3.20. The Morgan fingerprint density at radius 2 is 2.07 bits per heavy atom. The minimum absolute atomic E-state index is 0.199. The van der Waals surface area contributed by atoms with Crippen LogP contribution in [0.3, 0.4) is 0 Å². The first kappa shape index (κ1) is 12.8. The van der Waals surface area contributed by atoms with E-state index in [1.807, 2.05) is 0 Å². The molecule has 1 aromatic heterocycles. The highest BCUT2D eigenvalue weighted by molar-refractivity contribution is 8.00. The molecule has 5 N–H and O–H groups in total. The van der Waals surface area contributed by atoms with Crippen LogP contribution in [-0.2, 0) is 4.57 Å². The second-order valence-electron chi connectivity index (χ2n) is 2.25. The van der Waals surface area contributed by atoms with Gasteiger partial charge in [0.05, 0.1) is 0 Å². The van der Waals surface area contributed by atoms with Crippen LogP contribution in [0, 0.1) is 0 Å². The number of aromatic nitrogens is 2. The molecular formula is C3H6N3O6P2S+. The summed E-state index contributed by atoms with van der Waals surface area (Å²) in [5.74, 6) is 0. The molecule has 0 radical (unpaired) electrons. The van der Waals surface area contributed by atoms with Gasteiger partial charge >= 0.3 is 20.7 Å². The van der Waals surface area contributed by atoms with E-state index in [-0.39, 0.29) is 5.13 Å². The zero-order valence-electron chi connectivity index (χ0n) is 6.87. The van der Waals surface area contributed by atoms with Gasteiger partial charge in [-0.25, -0.2) is 9.55 Å². The van der Waals surface area contributed by atoms with Crippen molar-refractivity contribution >= 4 is 37.4 Å². The van der Waals surface area contributed by atoms with E-state index in [1.54, 1.807) is 0 Å². The Kier molecular flexibility index (Phi) is 3.64. The fourth-order valence-electron chi connectivity index (χ4n) is 0.609. The quantitative estimate of drug-likeness (QED) is 0.362. The molecule has 0 aliphatic carbocycles. The van der Waals surface area contributed by atoms with Gasteiger partial charge < -0.3 is 9.79 Å². The smallest absolute Gasteiger partial charge is 0.317 e. The molecule has 84 valence electrons. The monoisotopic (exact) mass is 274 g/mol. The predicted molar refractivity (Wildman–Crippen MR) is 52.6 cm³/mol. The van der Waals surface area contributed by atoms with Crippen LogP contribution in [0.5, 0.6) is 0 Å². The van der Waals surface area contributed by atoms with E-state index in [0.29, 0.717) is 11.5 Å². The lowest BCUT2D eigenvalue weighted by Gasteiger charge is -2.06. The molecule has 0 aromatic carbocycles. The van der Waals surface area contributed by atoms with Crippen LogP contribution in [0.15, 0.2) is 11.3 Å². The highest BCUT2D eigenvalue weighted by Gasteiger charge is 2.52. The van der Waals surface area contributed by atoms with Crippen LogP contribution >= 0.6 is 27.1 Å².